The van der Waals surface area contributed by atoms with E-state index in [0.717, 1.165) is 0 Å². The van der Waals surface area contributed by atoms with Crippen molar-refractivity contribution in [3.8, 4) is 17.2 Å². The Morgan fingerprint density at radius 2 is 1.19 bits per heavy atom. The zero-order chi connectivity index (χ0) is 31.1. The molecule has 0 aliphatic carbocycles. The first-order valence-corrected chi connectivity index (χ1v) is 12.7. The van der Waals surface area contributed by atoms with Crippen LogP contribution in [0, 0.1) is 0 Å². The van der Waals surface area contributed by atoms with Crippen LogP contribution >= 0.6 is 0 Å². The van der Waals surface area contributed by atoms with E-state index in [1.165, 1.54) is 61.3 Å². The summed E-state index contributed by atoms with van der Waals surface area (Å²) in [6.45, 7) is 1.22. The number of carboxylic acids is 1. The standard InChI is InChI=1S/C10H14N2.3C7H6O3.Mn/c1-12-7-3-5-10(12)9-4-2-6-11-8-9;3*8-6-4-2-1-3-5(6)7(9)10;/h2,4,6,8,10H,3,5,7H2,1H3;3*1-4,8H,(H,9,10);/p+2/t10-;;;;/m1..../s1. The van der Waals surface area contributed by atoms with Crippen LogP contribution in [0.4, 0.5) is 0 Å². The third-order valence-corrected chi connectivity index (χ3v) is 6.02. The van der Waals surface area contributed by atoms with E-state index in [4.69, 9.17) is 30.6 Å². The van der Waals surface area contributed by atoms with E-state index in [-0.39, 0.29) is 51.0 Å². The first kappa shape index (κ1) is 36.1. The van der Waals surface area contributed by atoms with Gasteiger partial charge in [-0.25, -0.2) is 4.79 Å². The summed E-state index contributed by atoms with van der Waals surface area (Å²) in [5, 5.41) is 48.5. The fourth-order valence-corrected chi connectivity index (χ4v) is 3.89. The van der Waals surface area contributed by atoms with Crippen LogP contribution in [-0.2, 0) is 17.1 Å². The summed E-state index contributed by atoms with van der Waals surface area (Å²) >= 11 is 0. The Kier molecular flexibility index (Phi) is 15.6. The molecule has 11 nitrogen and oxygen atoms in total. The van der Waals surface area contributed by atoms with Gasteiger partial charge in [-0.3, -0.25) is 9.88 Å². The van der Waals surface area contributed by atoms with Crippen molar-refractivity contribution in [1.82, 2.24) is 9.88 Å². The molecule has 227 valence electrons. The Labute approximate surface area is 258 Å². The van der Waals surface area contributed by atoms with Crippen molar-refractivity contribution >= 4 is 17.9 Å². The molecule has 0 unspecified atom stereocenters. The number of nitrogens with zero attached hydrogens (tertiary/aromatic N) is 2. The minimum atomic E-state index is -1.11. The molecule has 3 aromatic carbocycles. The summed E-state index contributed by atoms with van der Waals surface area (Å²) in [7, 11) is 2.19. The number of hydrogen-bond acceptors (Lipinski definition) is 8. The van der Waals surface area contributed by atoms with Crippen LogP contribution in [0.2, 0.25) is 0 Å². The Morgan fingerprint density at radius 1 is 0.744 bits per heavy atom. The molecule has 1 atom stereocenters. The molecule has 1 saturated heterocycles. The molecule has 4 aromatic rings. The molecule has 1 aromatic heterocycles. The van der Waals surface area contributed by atoms with Gasteiger partial charge in [0.25, 0.3) is 0 Å². The van der Waals surface area contributed by atoms with Gasteiger partial charge in [0, 0.05) is 45.1 Å². The molecule has 1 aliphatic rings. The summed E-state index contributed by atoms with van der Waals surface area (Å²) in [6.07, 6.45) is 6.41. The second kappa shape index (κ2) is 18.5. The topological polar surface area (TPSA) is 194 Å². The maximum Gasteiger partial charge on any atom is 0.552 e. The zero-order valence-electron chi connectivity index (χ0n) is 23.2. The first-order chi connectivity index (χ1) is 20.0. The van der Waals surface area contributed by atoms with Crippen molar-refractivity contribution < 1.29 is 62.1 Å². The monoisotopic (exact) mass is 633 g/mol. The van der Waals surface area contributed by atoms with E-state index in [1.807, 2.05) is 18.5 Å². The van der Waals surface area contributed by atoms with Crippen LogP contribution in [0.3, 0.4) is 0 Å². The number of aromatic carboxylic acids is 1. The van der Waals surface area contributed by atoms with Crippen molar-refractivity contribution in [2.24, 2.45) is 0 Å². The number of carbonyl (C=O) groups is 3. The molecule has 43 heavy (non-hydrogen) atoms. The van der Waals surface area contributed by atoms with E-state index in [2.05, 4.69) is 23.0 Å². The molecule has 5 rings (SSSR count). The zero-order valence-corrected chi connectivity index (χ0v) is 24.4. The number of benzene rings is 3. The predicted octanol–water partition coefficient (Wildman–Crippen LogP) is 3.45. The van der Waals surface area contributed by atoms with Gasteiger partial charge in [0.15, 0.2) is 11.1 Å². The Balaban J connectivity index is 0.000000286. The fraction of sp³-hybridized carbons (Fsp3) is 0.161. The molecule has 0 bridgehead atoms. The van der Waals surface area contributed by atoms with E-state index in [1.54, 1.807) is 36.4 Å². The maximum absolute atomic E-state index is 10.4. The van der Waals surface area contributed by atoms with Gasteiger partial charge in [-0.2, -0.15) is 0 Å². The molecule has 0 spiro atoms. The molecule has 8 N–H and O–H groups in total. The number of para-hydroxylation sites is 3. The first-order valence-electron chi connectivity index (χ1n) is 12.7. The SMILES string of the molecule is CN1CCC[C@@H]1c1cccnc1.O=C(O)c1ccccc1O.O=C([OH2+])c1ccccc1O.O=C([OH2+])c1ccccc1O.[Mn]. The van der Waals surface area contributed by atoms with Crippen LogP contribution in [0.25, 0.3) is 0 Å². The number of carbonyl (C=O) groups excluding carboxylic acids is 2. The molecule has 1 radical (unpaired) electrons. The quantitative estimate of drug-likeness (QED) is 0.192. The van der Waals surface area contributed by atoms with Gasteiger partial charge in [-0.05, 0) is 74.5 Å². The van der Waals surface area contributed by atoms with Crippen LogP contribution in [-0.4, -0.2) is 72.0 Å². The molecule has 1 aliphatic heterocycles. The van der Waals surface area contributed by atoms with Gasteiger partial charge < -0.3 is 30.6 Å². The molecule has 12 heteroatoms. The average Bonchev–Trinajstić information content (AvgIpc) is 3.40. The van der Waals surface area contributed by atoms with E-state index < -0.39 is 17.9 Å². The van der Waals surface area contributed by atoms with E-state index in [0.29, 0.717) is 6.04 Å². The maximum atomic E-state index is 10.4. The smallest absolute Gasteiger partial charge is 0.552 e. The minimum Gasteiger partial charge on any atom is -0.561 e. The Hall–Kier alpha value is -4.90. The number of phenols is 3. The van der Waals surface area contributed by atoms with Crippen molar-refractivity contribution in [2.45, 2.75) is 18.9 Å². The molecular weight excluding hydrogens is 599 g/mol. The third kappa shape index (κ3) is 11.9. The molecule has 2 heterocycles. The number of aromatic nitrogens is 1. The van der Waals surface area contributed by atoms with Crippen molar-refractivity contribution in [3.05, 3.63) is 120 Å². The molecular formula is C31H34MnN2O9+2. The summed E-state index contributed by atoms with van der Waals surface area (Å²) < 4.78 is 0. The number of aromatic hydroxyl groups is 3. The van der Waals surface area contributed by atoms with Crippen molar-refractivity contribution in [2.75, 3.05) is 13.6 Å². The van der Waals surface area contributed by atoms with Crippen molar-refractivity contribution in [1.29, 1.82) is 0 Å². The van der Waals surface area contributed by atoms with Gasteiger partial charge in [0.1, 0.15) is 22.8 Å². The average molecular weight is 634 g/mol. The Bertz CT molecular complexity index is 1340. The Morgan fingerprint density at radius 3 is 1.47 bits per heavy atom. The van der Waals surface area contributed by atoms with Crippen LogP contribution in [0.5, 0.6) is 17.2 Å². The number of phenolic OH excluding ortho intramolecular Hbond substituents is 2. The van der Waals surface area contributed by atoms with E-state index >= 15 is 0 Å². The molecule has 0 saturated carbocycles. The number of hydrogen-bond donors (Lipinski definition) is 4. The van der Waals surface area contributed by atoms with Gasteiger partial charge in [-0.1, -0.05) is 42.5 Å². The molecule has 0 amide bonds. The molecule has 1 fully saturated rings. The van der Waals surface area contributed by atoms with Crippen LogP contribution in [0.1, 0.15) is 55.5 Å². The summed E-state index contributed by atoms with van der Waals surface area (Å²) in [6, 6.07) is 22.6. The summed E-state index contributed by atoms with van der Waals surface area (Å²) in [5.74, 6) is -3.31. The number of likely N-dealkylation sites (tertiary alicyclic amines) is 1. The minimum absolute atomic E-state index is 0. The van der Waals surface area contributed by atoms with Gasteiger partial charge in [0.2, 0.25) is 0 Å². The van der Waals surface area contributed by atoms with Gasteiger partial charge >= 0.3 is 17.9 Å². The second-order valence-corrected chi connectivity index (χ2v) is 8.94. The largest absolute Gasteiger partial charge is 0.561 e. The van der Waals surface area contributed by atoms with Gasteiger partial charge in [0.05, 0.1) is 0 Å². The van der Waals surface area contributed by atoms with Gasteiger partial charge in [-0.15, -0.1) is 0 Å². The predicted molar refractivity (Wildman–Crippen MR) is 156 cm³/mol. The van der Waals surface area contributed by atoms with E-state index in [9.17, 15) is 14.4 Å². The second-order valence-electron chi connectivity index (χ2n) is 8.94. The normalized spacial score (nSPS) is 13.3. The number of pyridine rings is 1. The third-order valence-electron chi connectivity index (χ3n) is 6.02. The van der Waals surface area contributed by atoms with Crippen molar-refractivity contribution in [3.63, 3.8) is 0 Å². The fourth-order valence-electron chi connectivity index (χ4n) is 3.89. The number of carboxylic acid groups (broad SMARTS) is 1. The van der Waals surface area contributed by atoms with Crippen LogP contribution in [0.15, 0.2) is 97.3 Å². The summed E-state index contributed by atoms with van der Waals surface area (Å²) in [5.41, 5.74) is 1.38. The van der Waals surface area contributed by atoms with Crippen LogP contribution < -0.4 is 0 Å². The summed E-state index contributed by atoms with van der Waals surface area (Å²) in [4.78, 5) is 37.5. The number of rotatable bonds is 4.